The number of piperidine rings is 3. The van der Waals surface area contributed by atoms with E-state index in [1.807, 2.05) is 30.1 Å². The number of carbonyl (C=O) groups excluding carboxylic acids is 6. The van der Waals surface area contributed by atoms with Crippen molar-refractivity contribution >= 4 is 52.9 Å². The second-order valence-electron chi connectivity index (χ2n) is 15.1. The number of nitrogens with zero attached hydrogens (tertiary/aromatic N) is 7. The fourth-order valence-corrected chi connectivity index (χ4v) is 8.50. The van der Waals surface area contributed by atoms with Crippen LogP contribution in [0.3, 0.4) is 0 Å². The zero-order valence-corrected chi connectivity index (χ0v) is 30.7. The molecule has 0 spiro atoms. The van der Waals surface area contributed by atoms with Crippen molar-refractivity contribution in [2.24, 2.45) is 5.73 Å². The highest BCUT2D eigenvalue weighted by Crippen LogP contribution is 2.33. The molecule has 8 rings (SSSR count). The lowest BCUT2D eigenvalue weighted by Crippen LogP contribution is -2.54. The topological polar surface area (TPSA) is 194 Å². The van der Waals surface area contributed by atoms with Crippen molar-refractivity contribution in [2.45, 2.75) is 63.1 Å². The number of hydrogen-bond donors (Lipinski definition) is 3. The van der Waals surface area contributed by atoms with Crippen LogP contribution in [0, 0.1) is 0 Å². The molecule has 4 N–H and O–H groups in total. The number of anilines is 3. The molecule has 0 bridgehead atoms. The first-order chi connectivity index (χ1) is 26.5. The molecule has 0 saturated carbocycles. The van der Waals surface area contributed by atoms with Crippen molar-refractivity contribution in [3.05, 3.63) is 76.6 Å². The molecule has 16 heteroatoms. The maximum atomic E-state index is 13.3. The number of nitrogens with one attached hydrogen (secondary N) is 2. The summed E-state index contributed by atoms with van der Waals surface area (Å²) in [4.78, 5) is 93.6. The van der Waals surface area contributed by atoms with Gasteiger partial charge in [0.15, 0.2) is 11.5 Å². The summed E-state index contributed by atoms with van der Waals surface area (Å²) in [6.45, 7) is 5.15. The number of carbonyl (C=O) groups is 6. The van der Waals surface area contributed by atoms with Crippen LogP contribution < -0.4 is 21.3 Å². The van der Waals surface area contributed by atoms with Gasteiger partial charge in [0.05, 0.1) is 23.4 Å². The number of nitrogens with two attached hydrogens (primary N) is 1. The van der Waals surface area contributed by atoms with Crippen molar-refractivity contribution in [2.75, 3.05) is 56.5 Å². The molecule has 55 heavy (non-hydrogen) atoms. The van der Waals surface area contributed by atoms with Gasteiger partial charge in [0.1, 0.15) is 11.9 Å². The van der Waals surface area contributed by atoms with Crippen LogP contribution in [0.4, 0.5) is 22.1 Å². The smallest absolute Gasteiger partial charge is 0.320 e. The number of hydrogen-bond acceptors (Lipinski definition) is 11. The maximum Gasteiger partial charge on any atom is 0.320 e. The summed E-state index contributed by atoms with van der Waals surface area (Å²) in [6, 6.07) is 12.5. The number of primary amides is 1. The highest BCUT2D eigenvalue weighted by molar-refractivity contribution is 6.23. The van der Waals surface area contributed by atoms with Crippen LogP contribution in [0.2, 0.25) is 0 Å². The van der Waals surface area contributed by atoms with Crippen LogP contribution in [-0.4, -0.2) is 124 Å². The molecular formula is C39H44N10O6. The largest absolute Gasteiger partial charge is 0.364 e. The number of aromatic nitrogens is 2. The summed E-state index contributed by atoms with van der Waals surface area (Å²) in [5.74, 6) is -1.45. The van der Waals surface area contributed by atoms with Crippen LogP contribution in [0.1, 0.15) is 86.8 Å². The van der Waals surface area contributed by atoms with E-state index in [0.717, 1.165) is 68.0 Å². The summed E-state index contributed by atoms with van der Waals surface area (Å²) in [5.41, 5.74) is 9.18. The monoisotopic (exact) mass is 748 g/mol. The van der Waals surface area contributed by atoms with Crippen LogP contribution in [0.5, 0.6) is 0 Å². The first-order valence-electron chi connectivity index (χ1n) is 18.9. The lowest BCUT2D eigenvalue weighted by Gasteiger charge is -2.37. The van der Waals surface area contributed by atoms with Crippen molar-refractivity contribution in [3.63, 3.8) is 0 Å². The number of rotatable bonds is 9. The Labute approximate surface area is 318 Å². The quantitative estimate of drug-likeness (QED) is 0.272. The third-order valence-electron chi connectivity index (χ3n) is 11.5. The number of amides is 7. The molecule has 4 fully saturated rings. The average molecular weight is 749 g/mol. The van der Waals surface area contributed by atoms with E-state index in [-0.39, 0.29) is 42.0 Å². The minimum Gasteiger partial charge on any atom is -0.364 e. The van der Waals surface area contributed by atoms with E-state index in [4.69, 9.17) is 10.7 Å². The van der Waals surface area contributed by atoms with Gasteiger partial charge >= 0.3 is 6.03 Å². The second-order valence-corrected chi connectivity index (χ2v) is 15.1. The van der Waals surface area contributed by atoms with E-state index < -0.39 is 35.6 Å². The Morgan fingerprint density at radius 3 is 2.38 bits per heavy atom. The highest BCUT2D eigenvalue weighted by Gasteiger charge is 2.44. The van der Waals surface area contributed by atoms with Crippen LogP contribution in [0.25, 0.3) is 0 Å². The lowest BCUT2D eigenvalue weighted by atomic mass is 9.89. The SMILES string of the molecule is CN1CCN([C@@H]2CCCN(c3cnc(C(N)=O)c(Nc4ccc(C5CCN(Cc6ccc7c(c6)C(=O)N(C6CCC(=O)NC6=O)C7=O)CC5)cc4)n3)C2)C1=O. The normalized spacial score (nSPS) is 22.4. The molecule has 3 aromatic rings. The minimum absolute atomic E-state index is 0.0505. The number of fused-ring (bicyclic) bond motifs is 1. The van der Waals surface area contributed by atoms with Crippen molar-refractivity contribution < 1.29 is 28.8 Å². The first kappa shape index (κ1) is 36.1. The van der Waals surface area contributed by atoms with Crippen LogP contribution in [-0.2, 0) is 16.1 Å². The van der Waals surface area contributed by atoms with E-state index in [0.29, 0.717) is 36.9 Å². The Hall–Kier alpha value is -5.90. The Morgan fingerprint density at radius 2 is 1.67 bits per heavy atom. The van der Waals surface area contributed by atoms with Gasteiger partial charge in [-0.3, -0.25) is 39.1 Å². The number of benzene rings is 2. The molecule has 2 atom stereocenters. The molecule has 6 heterocycles. The van der Waals surface area contributed by atoms with Crippen LogP contribution in [0.15, 0.2) is 48.7 Å². The lowest BCUT2D eigenvalue weighted by molar-refractivity contribution is -0.136. The van der Waals surface area contributed by atoms with Gasteiger partial charge in [-0.2, -0.15) is 0 Å². The summed E-state index contributed by atoms with van der Waals surface area (Å²) >= 11 is 0. The zero-order valence-electron chi connectivity index (χ0n) is 30.7. The van der Waals surface area contributed by atoms with E-state index in [1.165, 1.54) is 5.56 Å². The summed E-state index contributed by atoms with van der Waals surface area (Å²) in [5, 5.41) is 5.49. The van der Waals surface area contributed by atoms with Crippen molar-refractivity contribution in [3.8, 4) is 0 Å². The Morgan fingerprint density at radius 1 is 0.909 bits per heavy atom. The maximum absolute atomic E-state index is 13.3. The summed E-state index contributed by atoms with van der Waals surface area (Å²) < 4.78 is 0. The molecule has 1 aromatic heterocycles. The molecule has 16 nitrogen and oxygen atoms in total. The van der Waals surface area contributed by atoms with Gasteiger partial charge in [0.25, 0.3) is 17.7 Å². The molecule has 286 valence electrons. The second kappa shape index (κ2) is 14.7. The van der Waals surface area contributed by atoms with Gasteiger partial charge in [-0.25, -0.2) is 14.8 Å². The Balaban J connectivity index is 0.875. The van der Waals surface area contributed by atoms with E-state index in [9.17, 15) is 28.8 Å². The Kier molecular flexibility index (Phi) is 9.67. The molecule has 1 unspecified atom stereocenters. The number of likely N-dealkylation sites (tertiary alicyclic amines) is 1. The van der Waals surface area contributed by atoms with Gasteiger partial charge in [-0.05, 0) is 86.5 Å². The number of likely N-dealkylation sites (N-methyl/N-ethyl adjacent to an activating group) is 1. The fourth-order valence-electron chi connectivity index (χ4n) is 8.50. The third-order valence-corrected chi connectivity index (χ3v) is 11.5. The number of imide groups is 2. The van der Waals surface area contributed by atoms with Crippen molar-refractivity contribution in [1.82, 2.24) is 34.9 Å². The molecular weight excluding hydrogens is 704 g/mol. The predicted molar refractivity (Wildman–Crippen MR) is 201 cm³/mol. The molecule has 2 aromatic carbocycles. The van der Waals surface area contributed by atoms with Gasteiger partial charge < -0.3 is 25.8 Å². The molecule has 5 aliphatic rings. The molecule has 4 saturated heterocycles. The molecule has 5 aliphatic heterocycles. The highest BCUT2D eigenvalue weighted by atomic mass is 16.2. The standard InChI is InChI=1S/C39H44N10O6/c1-45-17-18-48(39(45)55)27-3-2-14-47(22-27)31-20-41-33(34(40)51)35(43-31)42-26-7-5-24(6-8-26)25-12-15-46(16-13-25)21-23-4-9-28-29(19-23)38(54)49(37(28)53)30-10-11-32(50)44-36(30)52/h4-9,19-20,25,27,30H,2-3,10-18,21-22H2,1H3,(H2,40,51)(H,42,43)(H,44,50,52)/t27-,30?/m1/s1. The summed E-state index contributed by atoms with van der Waals surface area (Å²) in [6.07, 6.45) is 5.49. The minimum atomic E-state index is -0.986. The van der Waals surface area contributed by atoms with Crippen LogP contribution >= 0.6 is 0 Å². The van der Waals surface area contributed by atoms with E-state index >= 15 is 0 Å². The predicted octanol–water partition coefficient (Wildman–Crippen LogP) is 2.44. The first-order valence-corrected chi connectivity index (χ1v) is 18.9. The van der Waals surface area contributed by atoms with Gasteiger partial charge in [-0.1, -0.05) is 18.2 Å². The van der Waals surface area contributed by atoms with E-state index in [2.05, 4.69) is 37.6 Å². The average Bonchev–Trinajstić information content (AvgIpc) is 3.65. The fraction of sp³-hybridized carbons (Fsp3) is 0.436. The molecule has 0 aliphatic carbocycles. The van der Waals surface area contributed by atoms with Crippen molar-refractivity contribution in [1.29, 1.82) is 0 Å². The third kappa shape index (κ3) is 7.09. The Bertz CT molecular complexity index is 2070. The summed E-state index contributed by atoms with van der Waals surface area (Å²) in [7, 11) is 1.82. The molecule has 0 radical (unpaired) electrons. The molecule has 7 amide bonds. The number of urea groups is 1. The van der Waals surface area contributed by atoms with Gasteiger partial charge in [0, 0.05) is 51.9 Å². The van der Waals surface area contributed by atoms with E-state index in [1.54, 1.807) is 23.2 Å². The zero-order chi connectivity index (χ0) is 38.4. The van der Waals surface area contributed by atoms with Gasteiger partial charge in [-0.15, -0.1) is 0 Å². The van der Waals surface area contributed by atoms with Gasteiger partial charge in [0.2, 0.25) is 11.8 Å².